The summed E-state index contributed by atoms with van der Waals surface area (Å²) in [6.45, 7) is 1.18. The Morgan fingerprint density at radius 1 is 1.12 bits per heavy atom. The molecule has 1 heterocycles. The van der Waals surface area contributed by atoms with Crippen LogP contribution in [-0.4, -0.2) is 22.1 Å². The molecule has 0 radical (unpaired) electrons. The third kappa shape index (κ3) is 5.07. The number of amides is 1. The van der Waals surface area contributed by atoms with Crippen LogP contribution in [0.25, 0.3) is 6.08 Å². The number of nitrogens with zero attached hydrogens (tertiary/aromatic N) is 2. The number of ether oxygens (including phenoxy) is 1. The third-order valence-corrected chi connectivity index (χ3v) is 3.54. The molecular weight excluding hydrogens is 314 g/mol. The highest BCUT2D eigenvalue weighted by Gasteiger charge is 2.05. The highest BCUT2D eigenvalue weighted by molar-refractivity contribution is 6.02. The Bertz CT molecular complexity index is 827. The zero-order chi connectivity index (χ0) is 17.3. The van der Waals surface area contributed by atoms with Gasteiger partial charge in [-0.3, -0.25) is 4.79 Å². The monoisotopic (exact) mass is 333 g/mol. The fourth-order valence-electron chi connectivity index (χ4n) is 2.29. The standard InChI is InChI=1S/C20H19N3O2/c24-20(11-10-17-6-2-1-3-7-17)22-18-8-4-5-9-19(18)25-15-14-23-13-12-21-16-23/h1-13,16H,14-15H2,(H,22,24). The number of nitrogens with one attached hydrogen (secondary N) is 1. The van der Waals surface area contributed by atoms with Crippen molar-refractivity contribution in [2.24, 2.45) is 0 Å². The lowest BCUT2D eigenvalue weighted by Gasteiger charge is -2.11. The van der Waals surface area contributed by atoms with Gasteiger partial charge in [-0.1, -0.05) is 42.5 Å². The predicted octanol–water partition coefficient (Wildman–Crippen LogP) is 3.61. The summed E-state index contributed by atoms with van der Waals surface area (Å²) < 4.78 is 7.72. The van der Waals surface area contributed by atoms with Crippen molar-refractivity contribution in [3.63, 3.8) is 0 Å². The summed E-state index contributed by atoms with van der Waals surface area (Å²) in [5, 5.41) is 2.85. The van der Waals surface area contributed by atoms with Gasteiger partial charge in [0.1, 0.15) is 12.4 Å². The topological polar surface area (TPSA) is 56.1 Å². The van der Waals surface area contributed by atoms with E-state index in [0.717, 1.165) is 5.56 Å². The van der Waals surface area contributed by atoms with Crippen molar-refractivity contribution in [2.75, 3.05) is 11.9 Å². The fourth-order valence-corrected chi connectivity index (χ4v) is 2.29. The van der Waals surface area contributed by atoms with E-state index in [9.17, 15) is 4.79 Å². The summed E-state index contributed by atoms with van der Waals surface area (Å²) in [6, 6.07) is 17.1. The number of hydrogen-bond donors (Lipinski definition) is 1. The molecule has 0 bridgehead atoms. The molecule has 3 rings (SSSR count). The van der Waals surface area contributed by atoms with Gasteiger partial charge in [0.2, 0.25) is 5.91 Å². The van der Waals surface area contributed by atoms with Crippen LogP contribution in [0.2, 0.25) is 0 Å². The number of benzene rings is 2. The summed E-state index contributed by atoms with van der Waals surface area (Å²) in [5.41, 5.74) is 1.62. The second-order valence-electron chi connectivity index (χ2n) is 5.38. The first kappa shape index (κ1) is 16.5. The zero-order valence-corrected chi connectivity index (χ0v) is 13.7. The summed E-state index contributed by atoms with van der Waals surface area (Å²) in [5.74, 6) is 0.443. The van der Waals surface area contributed by atoms with Gasteiger partial charge < -0.3 is 14.6 Å². The van der Waals surface area contributed by atoms with Gasteiger partial charge in [0.15, 0.2) is 0 Å². The van der Waals surface area contributed by atoms with E-state index in [2.05, 4.69) is 10.3 Å². The summed E-state index contributed by atoms with van der Waals surface area (Å²) >= 11 is 0. The van der Waals surface area contributed by atoms with E-state index in [-0.39, 0.29) is 5.91 Å². The van der Waals surface area contributed by atoms with Crippen LogP contribution in [0.5, 0.6) is 5.75 Å². The van der Waals surface area contributed by atoms with Gasteiger partial charge >= 0.3 is 0 Å². The van der Waals surface area contributed by atoms with E-state index < -0.39 is 0 Å². The lowest BCUT2D eigenvalue weighted by molar-refractivity contribution is -0.111. The Kier molecular flexibility index (Phi) is 5.61. The first-order valence-electron chi connectivity index (χ1n) is 8.03. The van der Waals surface area contributed by atoms with E-state index in [4.69, 9.17) is 4.74 Å². The normalized spacial score (nSPS) is 10.7. The maximum Gasteiger partial charge on any atom is 0.248 e. The molecule has 2 aromatic carbocycles. The van der Waals surface area contributed by atoms with Gasteiger partial charge in [0.05, 0.1) is 18.6 Å². The maximum atomic E-state index is 12.1. The minimum atomic E-state index is -0.200. The average Bonchev–Trinajstić information content (AvgIpc) is 3.16. The lowest BCUT2D eigenvalue weighted by Crippen LogP contribution is -2.11. The highest BCUT2D eigenvalue weighted by atomic mass is 16.5. The van der Waals surface area contributed by atoms with E-state index in [1.807, 2.05) is 65.4 Å². The van der Waals surface area contributed by atoms with Crippen LogP contribution in [0.1, 0.15) is 5.56 Å². The molecule has 0 aliphatic rings. The number of aromatic nitrogens is 2. The molecule has 1 amide bonds. The zero-order valence-electron chi connectivity index (χ0n) is 13.7. The van der Waals surface area contributed by atoms with Gasteiger partial charge in [-0.15, -0.1) is 0 Å². The molecule has 0 fully saturated rings. The molecular formula is C20H19N3O2. The molecule has 5 heteroatoms. The molecule has 0 unspecified atom stereocenters. The quantitative estimate of drug-likeness (QED) is 0.672. The van der Waals surface area contributed by atoms with E-state index in [1.165, 1.54) is 6.08 Å². The number of carbonyl (C=O) groups excluding carboxylic acids is 1. The predicted molar refractivity (Wildman–Crippen MR) is 98.3 cm³/mol. The molecule has 1 N–H and O–H groups in total. The van der Waals surface area contributed by atoms with Crippen molar-refractivity contribution in [1.82, 2.24) is 9.55 Å². The van der Waals surface area contributed by atoms with E-state index in [0.29, 0.717) is 24.6 Å². The lowest BCUT2D eigenvalue weighted by atomic mass is 10.2. The summed E-state index contributed by atoms with van der Waals surface area (Å²) in [7, 11) is 0. The van der Waals surface area contributed by atoms with Crippen LogP contribution in [0.4, 0.5) is 5.69 Å². The van der Waals surface area contributed by atoms with Gasteiger partial charge in [-0.2, -0.15) is 0 Å². The largest absolute Gasteiger partial charge is 0.490 e. The minimum Gasteiger partial charge on any atom is -0.490 e. The Morgan fingerprint density at radius 3 is 2.72 bits per heavy atom. The molecule has 1 aromatic heterocycles. The van der Waals surface area contributed by atoms with Crippen molar-refractivity contribution >= 4 is 17.7 Å². The van der Waals surface area contributed by atoms with Gasteiger partial charge in [0.25, 0.3) is 0 Å². The van der Waals surface area contributed by atoms with Crippen LogP contribution >= 0.6 is 0 Å². The molecule has 0 aliphatic carbocycles. The maximum absolute atomic E-state index is 12.1. The van der Waals surface area contributed by atoms with Crippen LogP contribution in [0, 0.1) is 0 Å². The van der Waals surface area contributed by atoms with Crippen molar-refractivity contribution in [3.05, 3.63) is 85.0 Å². The van der Waals surface area contributed by atoms with Crippen molar-refractivity contribution in [3.8, 4) is 5.75 Å². The molecule has 0 aliphatic heterocycles. The molecule has 126 valence electrons. The van der Waals surface area contributed by atoms with Crippen molar-refractivity contribution in [1.29, 1.82) is 0 Å². The molecule has 3 aromatic rings. The van der Waals surface area contributed by atoms with Crippen LogP contribution in [-0.2, 0) is 11.3 Å². The first-order chi connectivity index (χ1) is 12.3. The smallest absolute Gasteiger partial charge is 0.248 e. The molecule has 5 nitrogen and oxygen atoms in total. The Labute approximate surface area is 146 Å². The van der Waals surface area contributed by atoms with Crippen molar-refractivity contribution in [2.45, 2.75) is 6.54 Å². The summed E-state index contributed by atoms with van der Waals surface area (Å²) in [4.78, 5) is 16.1. The van der Waals surface area contributed by atoms with Crippen molar-refractivity contribution < 1.29 is 9.53 Å². The van der Waals surface area contributed by atoms with Crippen LogP contribution < -0.4 is 10.1 Å². The SMILES string of the molecule is O=C(C=Cc1ccccc1)Nc1ccccc1OCCn1ccnc1. The number of carbonyl (C=O) groups is 1. The number of hydrogen-bond acceptors (Lipinski definition) is 3. The van der Waals surface area contributed by atoms with Gasteiger partial charge in [-0.25, -0.2) is 4.98 Å². The molecule has 0 atom stereocenters. The second kappa shape index (κ2) is 8.49. The van der Waals surface area contributed by atoms with E-state index >= 15 is 0 Å². The van der Waals surface area contributed by atoms with Gasteiger partial charge in [-0.05, 0) is 23.8 Å². The molecule has 0 saturated heterocycles. The average molecular weight is 333 g/mol. The van der Waals surface area contributed by atoms with E-state index in [1.54, 1.807) is 18.6 Å². The Morgan fingerprint density at radius 2 is 1.92 bits per heavy atom. The highest BCUT2D eigenvalue weighted by Crippen LogP contribution is 2.23. The van der Waals surface area contributed by atoms with Crippen LogP contribution in [0.3, 0.4) is 0 Å². The first-order valence-corrected chi connectivity index (χ1v) is 8.03. The minimum absolute atomic E-state index is 0.200. The Balaban J connectivity index is 1.58. The van der Waals surface area contributed by atoms with Gasteiger partial charge in [0, 0.05) is 18.5 Å². The summed E-state index contributed by atoms with van der Waals surface area (Å²) in [6.07, 6.45) is 8.64. The number of rotatable bonds is 7. The fraction of sp³-hybridized carbons (Fsp3) is 0.100. The molecule has 25 heavy (non-hydrogen) atoms. The number of para-hydroxylation sites is 2. The number of imidazole rings is 1. The number of anilines is 1. The molecule has 0 saturated carbocycles. The third-order valence-electron chi connectivity index (χ3n) is 3.54. The van der Waals surface area contributed by atoms with Crippen LogP contribution in [0.15, 0.2) is 79.4 Å². The second-order valence-corrected chi connectivity index (χ2v) is 5.38. The molecule has 0 spiro atoms. The Hall–Kier alpha value is -3.34.